The molecule has 1 aromatic carbocycles. The summed E-state index contributed by atoms with van der Waals surface area (Å²) in [6, 6.07) is 9.14. The highest BCUT2D eigenvalue weighted by Gasteiger charge is 2.29. The Labute approximate surface area is 111 Å². The first-order valence-electron chi connectivity index (χ1n) is 7.05. The fraction of sp³-hybridized carbons (Fsp3) is 0.625. The second kappa shape index (κ2) is 5.41. The minimum absolute atomic E-state index is 0.0841. The van der Waals surface area contributed by atoms with Gasteiger partial charge < -0.3 is 10.2 Å². The molecule has 0 saturated carbocycles. The lowest BCUT2D eigenvalue weighted by Gasteiger charge is -2.33. The molecule has 1 atom stereocenters. The number of rotatable bonds is 2. The molecule has 100 valence electrons. The molecule has 0 radical (unpaired) electrons. The van der Waals surface area contributed by atoms with Gasteiger partial charge in [0, 0.05) is 6.54 Å². The first kappa shape index (κ1) is 13.6. The van der Waals surface area contributed by atoms with Crippen molar-refractivity contribution < 1.29 is 0 Å². The van der Waals surface area contributed by atoms with Crippen LogP contribution in [-0.4, -0.2) is 31.6 Å². The maximum Gasteiger partial charge on any atom is 0.0534 e. The molecule has 1 heterocycles. The van der Waals surface area contributed by atoms with E-state index in [0.29, 0.717) is 5.92 Å². The minimum Gasteiger partial charge on any atom is -0.307 e. The SMILES string of the molecule is CC(C)c1ccc(C2(C)CN(C)CCCN2)cc1. The predicted molar refractivity (Wildman–Crippen MR) is 78.0 cm³/mol. The second-order valence-electron chi connectivity index (χ2n) is 6.13. The Morgan fingerprint density at radius 3 is 2.50 bits per heavy atom. The van der Waals surface area contributed by atoms with Crippen LogP contribution in [0.15, 0.2) is 24.3 Å². The minimum atomic E-state index is 0.0841. The molecule has 0 aromatic heterocycles. The molecule has 1 N–H and O–H groups in total. The average Bonchev–Trinajstić information content (AvgIpc) is 2.51. The molecule has 2 nitrogen and oxygen atoms in total. The van der Waals surface area contributed by atoms with Crippen molar-refractivity contribution in [1.82, 2.24) is 10.2 Å². The first-order chi connectivity index (χ1) is 8.51. The van der Waals surface area contributed by atoms with E-state index < -0.39 is 0 Å². The Balaban J connectivity index is 2.22. The molecular weight excluding hydrogens is 220 g/mol. The van der Waals surface area contributed by atoms with Gasteiger partial charge in [-0.15, -0.1) is 0 Å². The lowest BCUT2D eigenvalue weighted by molar-refractivity contribution is 0.259. The maximum absolute atomic E-state index is 3.71. The van der Waals surface area contributed by atoms with E-state index in [9.17, 15) is 0 Å². The third kappa shape index (κ3) is 2.93. The summed E-state index contributed by atoms with van der Waals surface area (Å²) in [5.74, 6) is 0.608. The topological polar surface area (TPSA) is 15.3 Å². The van der Waals surface area contributed by atoms with Crippen LogP contribution in [0.1, 0.15) is 44.2 Å². The number of benzene rings is 1. The van der Waals surface area contributed by atoms with Crippen LogP contribution < -0.4 is 5.32 Å². The van der Waals surface area contributed by atoms with E-state index in [4.69, 9.17) is 0 Å². The molecule has 18 heavy (non-hydrogen) atoms. The molecule has 1 aliphatic heterocycles. The van der Waals surface area contributed by atoms with Crippen LogP contribution in [0.2, 0.25) is 0 Å². The zero-order valence-electron chi connectivity index (χ0n) is 12.2. The Kier molecular flexibility index (Phi) is 4.08. The lowest BCUT2D eigenvalue weighted by Crippen LogP contribution is -2.45. The van der Waals surface area contributed by atoms with E-state index in [2.05, 4.69) is 62.3 Å². The van der Waals surface area contributed by atoms with Gasteiger partial charge in [-0.05, 0) is 50.5 Å². The first-order valence-corrected chi connectivity index (χ1v) is 7.05. The van der Waals surface area contributed by atoms with Crippen LogP contribution in [0.3, 0.4) is 0 Å². The van der Waals surface area contributed by atoms with E-state index in [1.54, 1.807) is 0 Å². The van der Waals surface area contributed by atoms with Gasteiger partial charge in [0.15, 0.2) is 0 Å². The van der Waals surface area contributed by atoms with Crippen molar-refractivity contribution in [1.29, 1.82) is 0 Å². The Morgan fingerprint density at radius 2 is 1.89 bits per heavy atom. The van der Waals surface area contributed by atoms with Crippen LogP contribution in [-0.2, 0) is 5.54 Å². The number of nitrogens with one attached hydrogen (secondary N) is 1. The molecule has 1 unspecified atom stereocenters. The van der Waals surface area contributed by atoms with Crippen molar-refractivity contribution in [3.05, 3.63) is 35.4 Å². The number of hydrogen-bond acceptors (Lipinski definition) is 2. The van der Waals surface area contributed by atoms with Gasteiger partial charge >= 0.3 is 0 Å². The van der Waals surface area contributed by atoms with Gasteiger partial charge in [0.1, 0.15) is 0 Å². The highest BCUT2D eigenvalue weighted by atomic mass is 15.2. The fourth-order valence-electron chi connectivity index (χ4n) is 2.82. The van der Waals surface area contributed by atoms with Gasteiger partial charge in [0.05, 0.1) is 5.54 Å². The van der Waals surface area contributed by atoms with Crippen molar-refractivity contribution in [3.8, 4) is 0 Å². The van der Waals surface area contributed by atoms with Crippen molar-refractivity contribution in [3.63, 3.8) is 0 Å². The van der Waals surface area contributed by atoms with Crippen molar-refractivity contribution in [2.45, 2.75) is 38.6 Å². The van der Waals surface area contributed by atoms with Gasteiger partial charge in [-0.3, -0.25) is 0 Å². The Bertz CT molecular complexity index is 383. The van der Waals surface area contributed by atoms with Crippen molar-refractivity contribution in [2.24, 2.45) is 0 Å². The molecule has 1 saturated heterocycles. The smallest absolute Gasteiger partial charge is 0.0534 e. The molecule has 1 aromatic rings. The largest absolute Gasteiger partial charge is 0.307 e. The van der Waals surface area contributed by atoms with Crippen LogP contribution in [0.5, 0.6) is 0 Å². The zero-order valence-corrected chi connectivity index (χ0v) is 12.2. The number of nitrogens with zero attached hydrogens (tertiary/aromatic N) is 1. The summed E-state index contributed by atoms with van der Waals surface area (Å²) in [7, 11) is 2.22. The Morgan fingerprint density at radius 1 is 1.22 bits per heavy atom. The van der Waals surface area contributed by atoms with Crippen LogP contribution in [0, 0.1) is 0 Å². The molecule has 1 fully saturated rings. The Hall–Kier alpha value is -0.860. The second-order valence-corrected chi connectivity index (χ2v) is 6.13. The van der Waals surface area contributed by atoms with E-state index in [0.717, 1.165) is 13.1 Å². The van der Waals surface area contributed by atoms with Crippen LogP contribution in [0.4, 0.5) is 0 Å². The molecule has 0 aliphatic carbocycles. The van der Waals surface area contributed by atoms with Gasteiger partial charge in [-0.2, -0.15) is 0 Å². The van der Waals surface area contributed by atoms with Gasteiger partial charge in [-0.1, -0.05) is 38.1 Å². The van der Waals surface area contributed by atoms with Crippen molar-refractivity contribution in [2.75, 3.05) is 26.7 Å². The number of hydrogen-bond donors (Lipinski definition) is 1. The standard InChI is InChI=1S/C16H26N2/c1-13(2)14-6-8-15(9-7-14)16(3)12-18(4)11-5-10-17-16/h6-9,13,17H,5,10-12H2,1-4H3. The summed E-state index contributed by atoms with van der Waals surface area (Å²) in [6.45, 7) is 10.2. The third-order valence-electron chi connectivity index (χ3n) is 4.03. The van der Waals surface area contributed by atoms with E-state index >= 15 is 0 Å². The lowest BCUT2D eigenvalue weighted by atomic mass is 9.89. The van der Waals surface area contributed by atoms with Gasteiger partial charge in [-0.25, -0.2) is 0 Å². The summed E-state index contributed by atoms with van der Waals surface area (Å²) in [5, 5.41) is 3.71. The summed E-state index contributed by atoms with van der Waals surface area (Å²) < 4.78 is 0. The average molecular weight is 246 g/mol. The summed E-state index contributed by atoms with van der Waals surface area (Å²) >= 11 is 0. The molecule has 2 heteroatoms. The monoisotopic (exact) mass is 246 g/mol. The van der Waals surface area contributed by atoms with Gasteiger partial charge in [0.25, 0.3) is 0 Å². The summed E-state index contributed by atoms with van der Waals surface area (Å²) in [5.41, 5.74) is 2.91. The molecule has 1 aliphatic rings. The zero-order chi connectivity index (χ0) is 13.2. The predicted octanol–water partition coefficient (Wildman–Crippen LogP) is 2.95. The fourth-order valence-corrected chi connectivity index (χ4v) is 2.82. The molecule has 2 rings (SSSR count). The van der Waals surface area contributed by atoms with E-state index in [1.165, 1.54) is 24.1 Å². The highest BCUT2D eigenvalue weighted by Crippen LogP contribution is 2.25. The summed E-state index contributed by atoms with van der Waals surface area (Å²) in [4.78, 5) is 2.43. The van der Waals surface area contributed by atoms with Crippen LogP contribution in [0.25, 0.3) is 0 Å². The van der Waals surface area contributed by atoms with Crippen LogP contribution >= 0.6 is 0 Å². The molecule has 0 amide bonds. The third-order valence-corrected chi connectivity index (χ3v) is 4.03. The van der Waals surface area contributed by atoms with E-state index in [1.807, 2.05) is 0 Å². The molecule has 0 bridgehead atoms. The highest BCUT2D eigenvalue weighted by molar-refractivity contribution is 5.30. The van der Waals surface area contributed by atoms with E-state index in [-0.39, 0.29) is 5.54 Å². The quantitative estimate of drug-likeness (QED) is 0.863. The molecule has 0 spiro atoms. The summed E-state index contributed by atoms with van der Waals surface area (Å²) in [6.07, 6.45) is 1.23. The normalized spacial score (nSPS) is 26.3. The van der Waals surface area contributed by atoms with Crippen molar-refractivity contribution >= 4 is 0 Å². The van der Waals surface area contributed by atoms with Gasteiger partial charge in [0.2, 0.25) is 0 Å². The number of likely N-dealkylation sites (N-methyl/N-ethyl adjacent to an activating group) is 1. The maximum atomic E-state index is 3.71. The molecular formula is C16H26N2.